The van der Waals surface area contributed by atoms with Gasteiger partial charge in [0.2, 0.25) is 5.91 Å². The van der Waals surface area contributed by atoms with Crippen LogP contribution in [-0.2, 0) is 11.3 Å². The number of nitrogens with one attached hydrogen (secondary N) is 1. The van der Waals surface area contributed by atoms with Crippen molar-refractivity contribution >= 4 is 22.5 Å². The molecule has 0 aliphatic carbocycles. The minimum absolute atomic E-state index is 0.0394. The number of nitrogens with zero attached hydrogens (tertiary/aromatic N) is 2. The summed E-state index contributed by atoms with van der Waals surface area (Å²) < 4.78 is 2.08. The lowest BCUT2D eigenvalue weighted by atomic mass is 10.2. The molecule has 2 aromatic carbocycles. The lowest BCUT2D eigenvalue weighted by Gasteiger charge is -2.07. The first-order chi connectivity index (χ1) is 10.8. The van der Waals surface area contributed by atoms with Crippen molar-refractivity contribution in [3.8, 4) is 6.07 Å². The first-order valence-corrected chi connectivity index (χ1v) is 7.10. The number of hydrogen-bond donors (Lipinski definition) is 1. The van der Waals surface area contributed by atoms with Crippen molar-refractivity contribution in [1.82, 2.24) is 4.57 Å². The predicted molar refractivity (Wildman–Crippen MR) is 86.3 cm³/mol. The molecule has 1 N–H and O–H groups in total. The van der Waals surface area contributed by atoms with Crippen LogP contribution in [0, 0.1) is 11.3 Å². The summed E-state index contributed by atoms with van der Waals surface area (Å²) in [5.74, 6) is -0.0394. The summed E-state index contributed by atoms with van der Waals surface area (Å²) in [4.78, 5) is 12.0. The third kappa shape index (κ3) is 2.99. The van der Waals surface area contributed by atoms with Crippen molar-refractivity contribution in [3.05, 3.63) is 66.4 Å². The van der Waals surface area contributed by atoms with E-state index < -0.39 is 0 Å². The fraction of sp³-hybridized carbons (Fsp3) is 0.111. The second kappa shape index (κ2) is 6.15. The first kappa shape index (κ1) is 13.9. The van der Waals surface area contributed by atoms with Gasteiger partial charge < -0.3 is 9.88 Å². The molecule has 0 spiro atoms. The van der Waals surface area contributed by atoms with Crippen molar-refractivity contribution < 1.29 is 4.79 Å². The van der Waals surface area contributed by atoms with Gasteiger partial charge >= 0.3 is 0 Å². The number of rotatable bonds is 4. The molecular formula is C18H15N3O. The Bertz CT molecular complexity index is 841. The summed E-state index contributed by atoms with van der Waals surface area (Å²) in [5, 5.41) is 12.8. The van der Waals surface area contributed by atoms with Crippen LogP contribution in [0.4, 0.5) is 5.69 Å². The van der Waals surface area contributed by atoms with Crippen LogP contribution in [0.2, 0.25) is 0 Å². The Labute approximate surface area is 128 Å². The van der Waals surface area contributed by atoms with E-state index >= 15 is 0 Å². The van der Waals surface area contributed by atoms with Crippen LogP contribution in [-0.4, -0.2) is 10.5 Å². The van der Waals surface area contributed by atoms with Crippen LogP contribution in [0.15, 0.2) is 60.8 Å². The fourth-order valence-electron chi connectivity index (χ4n) is 2.41. The minimum atomic E-state index is -0.0394. The Morgan fingerprint density at radius 1 is 1.09 bits per heavy atom. The SMILES string of the molecule is N#Cc1ccc(NC(=O)CCn2ccc3ccccc32)cc1. The van der Waals surface area contributed by atoms with E-state index in [2.05, 4.69) is 22.0 Å². The molecule has 1 aromatic heterocycles. The van der Waals surface area contributed by atoms with E-state index in [9.17, 15) is 4.79 Å². The molecule has 3 rings (SSSR count). The summed E-state index contributed by atoms with van der Waals surface area (Å²) in [7, 11) is 0. The van der Waals surface area contributed by atoms with Gasteiger partial charge in [0.1, 0.15) is 0 Å². The quantitative estimate of drug-likeness (QED) is 0.798. The molecule has 0 saturated carbocycles. The van der Waals surface area contributed by atoms with E-state index in [-0.39, 0.29) is 5.91 Å². The number of amides is 1. The number of hydrogen-bond acceptors (Lipinski definition) is 2. The lowest BCUT2D eigenvalue weighted by Crippen LogP contribution is -2.14. The molecule has 22 heavy (non-hydrogen) atoms. The van der Waals surface area contributed by atoms with Gasteiger partial charge in [-0.2, -0.15) is 5.26 Å². The largest absolute Gasteiger partial charge is 0.347 e. The zero-order valence-corrected chi connectivity index (χ0v) is 12.0. The van der Waals surface area contributed by atoms with Gasteiger partial charge in [-0.05, 0) is 41.8 Å². The standard InChI is InChI=1S/C18H15N3O/c19-13-14-5-7-16(8-6-14)20-18(22)10-12-21-11-9-15-3-1-2-4-17(15)21/h1-9,11H,10,12H2,(H,20,22). The molecule has 4 heteroatoms. The third-order valence-electron chi connectivity index (χ3n) is 3.56. The van der Waals surface area contributed by atoms with Crippen LogP contribution in [0.5, 0.6) is 0 Å². The maximum atomic E-state index is 12.0. The second-order valence-corrected chi connectivity index (χ2v) is 5.06. The zero-order chi connectivity index (χ0) is 15.4. The first-order valence-electron chi connectivity index (χ1n) is 7.10. The molecule has 0 radical (unpaired) electrons. The van der Waals surface area contributed by atoms with Crippen molar-refractivity contribution in [1.29, 1.82) is 5.26 Å². The Kier molecular flexibility index (Phi) is 3.88. The normalized spacial score (nSPS) is 10.3. The molecule has 1 heterocycles. The molecule has 3 aromatic rings. The predicted octanol–water partition coefficient (Wildman–Crippen LogP) is 3.54. The number of aromatic nitrogens is 1. The van der Waals surface area contributed by atoms with Crippen LogP contribution < -0.4 is 5.32 Å². The lowest BCUT2D eigenvalue weighted by molar-refractivity contribution is -0.116. The van der Waals surface area contributed by atoms with Crippen molar-refractivity contribution in [2.45, 2.75) is 13.0 Å². The van der Waals surface area contributed by atoms with Crippen LogP contribution >= 0.6 is 0 Å². The van der Waals surface area contributed by atoms with Gasteiger partial charge in [0.25, 0.3) is 0 Å². The smallest absolute Gasteiger partial charge is 0.226 e. The maximum Gasteiger partial charge on any atom is 0.226 e. The molecule has 108 valence electrons. The molecule has 1 amide bonds. The number of para-hydroxylation sites is 1. The minimum Gasteiger partial charge on any atom is -0.347 e. The summed E-state index contributed by atoms with van der Waals surface area (Å²) in [6, 6.07) is 19.1. The average molecular weight is 289 g/mol. The van der Waals surface area contributed by atoms with E-state index in [1.54, 1.807) is 24.3 Å². The van der Waals surface area contributed by atoms with Crippen molar-refractivity contribution in [2.24, 2.45) is 0 Å². The number of benzene rings is 2. The van der Waals surface area contributed by atoms with Crippen LogP contribution in [0.25, 0.3) is 10.9 Å². The Morgan fingerprint density at radius 2 is 1.86 bits per heavy atom. The molecule has 4 nitrogen and oxygen atoms in total. The van der Waals surface area contributed by atoms with Gasteiger partial charge in [-0.15, -0.1) is 0 Å². The third-order valence-corrected chi connectivity index (χ3v) is 3.56. The zero-order valence-electron chi connectivity index (χ0n) is 12.0. The fourth-order valence-corrected chi connectivity index (χ4v) is 2.41. The number of aryl methyl sites for hydroxylation is 1. The van der Waals surface area contributed by atoms with Gasteiger partial charge in [0, 0.05) is 30.4 Å². The number of carbonyl (C=O) groups is 1. The monoisotopic (exact) mass is 289 g/mol. The van der Waals surface area contributed by atoms with E-state index in [1.165, 1.54) is 5.39 Å². The molecule has 0 bridgehead atoms. The number of nitriles is 1. The Morgan fingerprint density at radius 3 is 2.64 bits per heavy atom. The number of fused-ring (bicyclic) bond motifs is 1. The topological polar surface area (TPSA) is 57.8 Å². The van der Waals surface area contributed by atoms with Crippen molar-refractivity contribution in [3.63, 3.8) is 0 Å². The van der Waals surface area contributed by atoms with Crippen LogP contribution in [0.1, 0.15) is 12.0 Å². The van der Waals surface area contributed by atoms with Gasteiger partial charge in [-0.1, -0.05) is 18.2 Å². The average Bonchev–Trinajstić information content (AvgIpc) is 2.97. The summed E-state index contributed by atoms with van der Waals surface area (Å²) in [6.45, 7) is 0.635. The van der Waals surface area contributed by atoms with E-state index in [0.717, 1.165) is 5.52 Å². The number of anilines is 1. The highest BCUT2D eigenvalue weighted by Crippen LogP contribution is 2.15. The highest BCUT2D eigenvalue weighted by Gasteiger charge is 2.05. The molecule has 0 saturated heterocycles. The summed E-state index contributed by atoms with van der Waals surface area (Å²) >= 11 is 0. The number of carbonyl (C=O) groups excluding carboxylic acids is 1. The highest BCUT2D eigenvalue weighted by molar-refractivity contribution is 5.90. The Balaban J connectivity index is 1.61. The molecule has 0 unspecified atom stereocenters. The van der Waals surface area contributed by atoms with E-state index in [1.807, 2.05) is 30.5 Å². The van der Waals surface area contributed by atoms with Gasteiger partial charge in [-0.3, -0.25) is 4.79 Å². The summed E-state index contributed by atoms with van der Waals surface area (Å²) in [5.41, 5.74) is 2.42. The summed E-state index contributed by atoms with van der Waals surface area (Å²) in [6.07, 6.45) is 2.40. The molecule has 0 atom stereocenters. The maximum absolute atomic E-state index is 12.0. The molecule has 0 aliphatic heterocycles. The highest BCUT2D eigenvalue weighted by atomic mass is 16.1. The van der Waals surface area contributed by atoms with Crippen LogP contribution in [0.3, 0.4) is 0 Å². The molecular weight excluding hydrogens is 274 g/mol. The van der Waals surface area contributed by atoms with Gasteiger partial charge in [0.05, 0.1) is 11.6 Å². The van der Waals surface area contributed by atoms with Gasteiger partial charge in [-0.25, -0.2) is 0 Å². The van der Waals surface area contributed by atoms with Gasteiger partial charge in [0.15, 0.2) is 0 Å². The molecule has 0 fully saturated rings. The van der Waals surface area contributed by atoms with E-state index in [0.29, 0.717) is 24.2 Å². The second-order valence-electron chi connectivity index (χ2n) is 5.06. The Hall–Kier alpha value is -3.06. The van der Waals surface area contributed by atoms with E-state index in [4.69, 9.17) is 5.26 Å². The van der Waals surface area contributed by atoms with Crippen molar-refractivity contribution in [2.75, 3.05) is 5.32 Å². The molecule has 0 aliphatic rings.